The number of carboxylic acid groups (broad SMARTS) is 1. The molecular weight excluding hydrogens is 452 g/mol. The maximum absolute atomic E-state index is 13.3. The number of pyridine rings is 1. The molecule has 2 N–H and O–H groups in total. The number of carboxylic acids is 1. The first-order chi connectivity index (χ1) is 16.3. The molecule has 0 spiro atoms. The van der Waals surface area contributed by atoms with E-state index in [0.717, 1.165) is 16.7 Å². The number of hydrogen-bond acceptors (Lipinski definition) is 7. The molecule has 3 heterocycles. The molecule has 1 aliphatic heterocycles. The molecule has 170 valence electrons. The number of ether oxygens (including phenoxy) is 1. The maximum Gasteiger partial charge on any atom is 0.335 e. The first-order valence-electron chi connectivity index (χ1n) is 10.5. The van der Waals surface area contributed by atoms with E-state index in [4.69, 9.17) is 14.8 Å². The molecule has 2 aromatic heterocycles. The molecule has 1 atom stereocenters. The van der Waals surface area contributed by atoms with Gasteiger partial charge in [-0.15, -0.1) is 10.2 Å². The van der Waals surface area contributed by atoms with Crippen LogP contribution in [-0.2, 0) is 4.79 Å². The molecular formula is C25H20N4O4S. The third-order valence-corrected chi connectivity index (χ3v) is 6.56. The number of anilines is 1. The quantitative estimate of drug-likeness (QED) is 0.410. The number of amides is 1. The minimum absolute atomic E-state index is 0.190. The first-order valence-corrected chi connectivity index (χ1v) is 11.4. The molecule has 0 saturated heterocycles. The average molecular weight is 473 g/mol. The van der Waals surface area contributed by atoms with Crippen molar-refractivity contribution in [2.45, 2.75) is 19.8 Å². The zero-order valence-corrected chi connectivity index (χ0v) is 19.2. The second-order valence-corrected chi connectivity index (χ2v) is 9.30. The van der Waals surface area contributed by atoms with Gasteiger partial charge in [0.1, 0.15) is 11.3 Å². The fraction of sp³-hybridized carbons (Fsp3) is 0.160. The number of hydrogen-bond donors (Lipinski definition) is 2. The van der Waals surface area contributed by atoms with E-state index in [-0.39, 0.29) is 17.4 Å². The molecule has 2 aromatic carbocycles. The van der Waals surface area contributed by atoms with Gasteiger partial charge >= 0.3 is 5.97 Å². The number of carbonyl (C=O) groups is 2. The standard InChI is InChI=1S/C25H20N4O4S/c1-25(2,23(32)28-24-29-26-13-34-24)20-16-5-3-4-6-19(16)33-21-17(20)11-12-18(27-21)14-7-9-15(10-8-14)22(30)31/h3-13,20H,1-2H3,(H,30,31)(H,28,29,32)/t20-/m0/s1. The zero-order valence-electron chi connectivity index (χ0n) is 18.4. The van der Waals surface area contributed by atoms with Crippen LogP contribution < -0.4 is 10.1 Å². The van der Waals surface area contributed by atoms with Crippen molar-refractivity contribution in [1.82, 2.24) is 15.2 Å². The summed E-state index contributed by atoms with van der Waals surface area (Å²) in [6.45, 7) is 3.77. The van der Waals surface area contributed by atoms with Crippen molar-refractivity contribution in [3.8, 4) is 22.9 Å². The summed E-state index contributed by atoms with van der Waals surface area (Å²) in [5, 5.41) is 20.2. The van der Waals surface area contributed by atoms with E-state index in [9.17, 15) is 9.59 Å². The highest BCUT2D eigenvalue weighted by Gasteiger charge is 2.44. The van der Waals surface area contributed by atoms with Gasteiger partial charge in [-0.25, -0.2) is 9.78 Å². The average Bonchev–Trinajstić information content (AvgIpc) is 3.35. The van der Waals surface area contributed by atoms with Crippen molar-refractivity contribution >= 4 is 28.3 Å². The molecule has 5 rings (SSSR count). The van der Waals surface area contributed by atoms with Crippen molar-refractivity contribution < 1.29 is 19.4 Å². The fourth-order valence-corrected chi connectivity index (χ4v) is 4.62. The van der Waals surface area contributed by atoms with Gasteiger partial charge in [-0.2, -0.15) is 0 Å². The highest BCUT2D eigenvalue weighted by molar-refractivity contribution is 7.13. The number of aromatic nitrogens is 3. The number of aromatic carboxylic acids is 1. The van der Waals surface area contributed by atoms with Crippen LogP contribution in [0.15, 0.2) is 66.2 Å². The van der Waals surface area contributed by atoms with Gasteiger partial charge in [-0.05, 0) is 24.3 Å². The largest absolute Gasteiger partial charge is 0.478 e. The van der Waals surface area contributed by atoms with Crippen molar-refractivity contribution in [2.75, 3.05) is 5.32 Å². The predicted molar refractivity (Wildman–Crippen MR) is 127 cm³/mol. The molecule has 4 aromatic rings. The molecule has 0 saturated carbocycles. The minimum atomic E-state index is -0.984. The van der Waals surface area contributed by atoms with Crippen LogP contribution in [0.4, 0.5) is 5.13 Å². The van der Waals surface area contributed by atoms with E-state index >= 15 is 0 Å². The number of nitrogens with zero attached hydrogens (tertiary/aromatic N) is 3. The topological polar surface area (TPSA) is 114 Å². The maximum atomic E-state index is 13.3. The Morgan fingerprint density at radius 1 is 1.03 bits per heavy atom. The number of rotatable bonds is 5. The fourth-order valence-electron chi connectivity index (χ4n) is 4.17. The monoisotopic (exact) mass is 472 g/mol. The van der Waals surface area contributed by atoms with E-state index in [1.165, 1.54) is 11.3 Å². The number of benzene rings is 2. The van der Waals surface area contributed by atoms with Gasteiger partial charge in [0.25, 0.3) is 0 Å². The van der Waals surface area contributed by atoms with Crippen LogP contribution in [0.25, 0.3) is 11.3 Å². The lowest BCUT2D eigenvalue weighted by molar-refractivity contribution is -0.124. The summed E-state index contributed by atoms with van der Waals surface area (Å²) in [6, 6.07) is 17.9. The smallest absolute Gasteiger partial charge is 0.335 e. The van der Waals surface area contributed by atoms with Crippen molar-refractivity contribution in [1.29, 1.82) is 0 Å². The van der Waals surface area contributed by atoms with Gasteiger partial charge in [0, 0.05) is 22.6 Å². The minimum Gasteiger partial charge on any atom is -0.478 e. The SMILES string of the molecule is CC(C)(C(=O)Nc1nncs1)[C@H]1c2ccccc2Oc2nc(-c3ccc(C(=O)O)cc3)ccc21. The highest BCUT2D eigenvalue weighted by Crippen LogP contribution is 2.51. The summed E-state index contributed by atoms with van der Waals surface area (Å²) in [5.74, 6) is -0.439. The third-order valence-electron chi connectivity index (χ3n) is 5.95. The molecule has 0 fully saturated rings. The number of carbonyl (C=O) groups excluding carboxylic acids is 1. The van der Waals surface area contributed by atoms with Gasteiger partial charge in [-0.3, -0.25) is 4.79 Å². The lowest BCUT2D eigenvalue weighted by Gasteiger charge is -2.37. The molecule has 0 unspecified atom stereocenters. The van der Waals surface area contributed by atoms with Crippen LogP contribution >= 0.6 is 11.3 Å². The molecule has 0 radical (unpaired) electrons. The molecule has 0 aliphatic carbocycles. The normalized spacial score (nSPS) is 14.5. The summed E-state index contributed by atoms with van der Waals surface area (Å²) in [5.41, 5.74) is 4.00. The Kier molecular flexibility index (Phi) is 5.33. The van der Waals surface area contributed by atoms with Crippen LogP contribution in [0.5, 0.6) is 11.6 Å². The molecule has 0 bridgehead atoms. The molecule has 1 amide bonds. The van der Waals surface area contributed by atoms with Crippen LogP contribution in [0.1, 0.15) is 41.3 Å². The van der Waals surface area contributed by atoms with Gasteiger partial charge in [-0.1, -0.05) is 61.6 Å². The van der Waals surface area contributed by atoms with Crippen LogP contribution in [0.3, 0.4) is 0 Å². The summed E-state index contributed by atoms with van der Waals surface area (Å²) >= 11 is 1.26. The Balaban J connectivity index is 1.56. The summed E-state index contributed by atoms with van der Waals surface area (Å²) in [4.78, 5) is 29.2. The second kappa shape index (κ2) is 8.35. The Bertz CT molecular complexity index is 1380. The zero-order chi connectivity index (χ0) is 23.9. The Morgan fingerprint density at radius 3 is 2.50 bits per heavy atom. The molecule has 1 aliphatic rings. The van der Waals surface area contributed by atoms with E-state index in [1.54, 1.807) is 29.8 Å². The Hall–Kier alpha value is -4.11. The number of para-hydroxylation sites is 1. The van der Waals surface area contributed by atoms with Crippen molar-refractivity contribution in [2.24, 2.45) is 5.41 Å². The van der Waals surface area contributed by atoms with E-state index < -0.39 is 11.4 Å². The summed E-state index contributed by atoms with van der Waals surface area (Å²) in [6.07, 6.45) is 0. The van der Waals surface area contributed by atoms with Crippen molar-refractivity contribution in [3.63, 3.8) is 0 Å². The number of nitrogens with one attached hydrogen (secondary N) is 1. The lowest BCUT2D eigenvalue weighted by atomic mass is 9.69. The Morgan fingerprint density at radius 2 is 1.79 bits per heavy atom. The Labute approximate surface area is 199 Å². The molecule has 34 heavy (non-hydrogen) atoms. The van der Waals surface area contributed by atoms with Gasteiger partial charge in [0.15, 0.2) is 0 Å². The van der Waals surface area contributed by atoms with E-state index in [1.807, 2.05) is 50.2 Å². The predicted octanol–water partition coefficient (Wildman–Crippen LogP) is 5.20. The first kappa shape index (κ1) is 21.7. The van der Waals surface area contributed by atoms with E-state index in [0.29, 0.717) is 22.5 Å². The van der Waals surface area contributed by atoms with Gasteiger partial charge in [0.2, 0.25) is 16.9 Å². The summed E-state index contributed by atoms with van der Waals surface area (Å²) < 4.78 is 6.16. The molecule has 8 nitrogen and oxygen atoms in total. The summed E-state index contributed by atoms with van der Waals surface area (Å²) in [7, 11) is 0. The lowest BCUT2D eigenvalue weighted by Crippen LogP contribution is -2.38. The van der Waals surface area contributed by atoms with Gasteiger partial charge in [0.05, 0.1) is 16.7 Å². The van der Waals surface area contributed by atoms with Crippen molar-refractivity contribution in [3.05, 3.63) is 82.9 Å². The third kappa shape index (κ3) is 3.80. The second-order valence-electron chi connectivity index (χ2n) is 8.47. The highest BCUT2D eigenvalue weighted by atomic mass is 32.1. The van der Waals surface area contributed by atoms with E-state index in [2.05, 4.69) is 15.5 Å². The van der Waals surface area contributed by atoms with Crippen LogP contribution in [-0.4, -0.2) is 32.2 Å². The van der Waals surface area contributed by atoms with Crippen LogP contribution in [0, 0.1) is 5.41 Å². The molecule has 9 heteroatoms. The van der Waals surface area contributed by atoms with Gasteiger partial charge < -0.3 is 15.2 Å². The number of fused-ring (bicyclic) bond motifs is 2. The van der Waals surface area contributed by atoms with Crippen LogP contribution in [0.2, 0.25) is 0 Å².